The molecule has 0 bridgehead atoms. The van der Waals surface area contributed by atoms with Gasteiger partial charge in [-0.15, -0.1) is 0 Å². The lowest BCUT2D eigenvalue weighted by molar-refractivity contribution is 0.199. The summed E-state index contributed by atoms with van der Waals surface area (Å²) in [5, 5.41) is 9.42. The molecule has 0 spiro atoms. The van der Waals surface area contributed by atoms with Crippen molar-refractivity contribution in [1.82, 2.24) is 0 Å². The monoisotopic (exact) mass is 271 g/mol. The molecule has 0 aromatic heterocycles. The van der Waals surface area contributed by atoms with Crippen molar-refractivity contribution in [3.63, 3.8) is 0 Å². The van der Waals surface area contributed by atoms with Crippen molar-refractivity contribution < 1.29 is 9.50 Å². The summed E-state index contributed by atoms with van der Waals surface area (Å²) in [6, 6.07) is 5.23. The smallest absolute Gasteiger partial charge is 0.146 e. The minimum atomic E-state index is -0.632. The van der Waals surface area contributed by atoms with Crippen molar-refractivity contribution in [3.8, 4) is 0 Å². The van der Waals surface area contributed by atoms with E-state index in [0.717, 1.165) is 12.2 Å². The van der Waals surface area contributed by atoms with Gasteiger partial charge in [-0.25, -0.2) is 4.39 Å². The molecule has 0 fully saturated rings. The number of rotatable bonds is 6. The van der Waals surface area contributed by atoms with Gasteiger partial charge in [0, 0.05) is 13.1 Å². The minimum absolute atomic E-state index is 0.271. The van der Waals surface area contributed by atoms with Crippen molar-refractivity contribution in [2.75, 3.05) is 24.0 Å². The molecule has 0 heterocycles. The minimum Gasteiger partial charge on any atom is -0.389 e. The van der Waals surface area contributed by atoms with E-state index in [1.165, 1.54) is 6.07 Å². The third kappa shape index (κ3) is 3.89. The molecule has 1 aromatic rings. The largest absolute Gasteiger partial charge is 0.389 e. The molecule has 4 heteroatoms. The average Bonchev–Trinajstić information content (AvgIpc) is 2.34. The first-order chi connectivity index (χ1) is 8.47. The summed E-state index contributed by atoms with van der Waals surface area (Å²) in [6.07, 6.45) is 2.47. The Kier molecular flexibility index (Phi) is 5.96. The van der Waals surface area contributed by atoms with Crippen LogP contribution >= 0.6 is 11.8 Å². The fraction of sp³-hybridized carbons (Fsp3) is 0.571. The van der Waals surface area contributed by atoms with E-state index in [1.54, 1.807) is 30.8 Å². The van der Waals surface area contributed by atoms with Crippen molar-refractivity contribution >= 4 is 17.4 Å². The molecule has 1 rings (SSSR count). The van der Waals surface area contributed by atoms with E-state index in [4.69, 9.17) is 0 Å². The van der Waals surface area contributed by atoms with Crippen LogP contribution in [0.3, 0.4) is 0 Å². The van der Waals surface area contributed by atoms with Crippen molar-refractivity contribution in [1.29, 1.82) is 0 Å². The van der Waals surface area contributed by atoms with Gasteiger partial charge in [-0.05, 0) is 50.0 Å². The molecule has 2 atom stereocenters. The summed E-state index contributed by atoms with van der Waals surface area (Å²) in [5.41, 5.74) is 1.20. The Bertz CT molecular complexity index is 384. The first kappa shape index (κ1) is 15.3. The lowest BCUT2D eigenvalue weighted by Gasteiger charge is -2.27. The molecule has 0 saturated carbocycles. The molecule has 1 unspecified atom stereocenters. The van der Waals surface area contributed by atoms with Gasteiger partial charge >= 0.3 is 0 Å². The quantitative estimate of drug-likeness (QED) is 0.857. The second-order valence-electron chi connectivity index (χ2n) is 4.63. The van der Waals surface area contributed by atoms with Crippen LogP contribution in [0.2, 0.25) is 0 Å². The molecule has 0 aliphatic rings. The Morgan fingerprint density at radius 3 is 2.56 bits per heavy atom. The second kappa shape index (κ2) is 7.00. The highest BCUT2D eigenvalue weighted by Gasteiger charge is 2.14. The summed E-state index contributed by atoms with van der Waals surface area (Å²) in [4.78, 5) is 1.96. The predicted molar refractivity (Wildman–Crippen MR) is 77.9 cm³/mol. The fourth-order valence-electron chi connectivity index (χ4n) is 1.79. The van der Waals surface area contributed by atoms with Gasteiger partial charge in [0.25, 0.3) is 0 Å². The highest BCUT2D eigenvalue weighted by Crippen LogP contribution is 2.24. The zero-order chi connectivity index (χ0) is 13.7. The predicted octanol–water partition coefficient (Wildman–Crippen LogP) is 3.46. The van der Waals surface area contributed by atoms with Gasteiger partial charge in [0.05, 0.1) is 11.8 Å². The maximum atomic E-state index is 14.0. The van der Waals surface area contributed by atoms with Crippen molar-refractivity contribution in [2.24, 2.45) is 0 Å². The van der Waals surface area contributed by atoms with E-state index in [-0.39, 0.29) is 5.82 Å². The zero-order valence-corrected chi connectivity index (χ0v) is 12.3. The number of halogens is 1. The highest BCUT2D eigenvalue weighted by atomic mass is 32.2. The maximum Gasteiger partial charge on any atom is 0.146 e. The third-order valence-electron chi connectivity index (χ3n) is 3.24. The summed E-state index contributed by atoms with van der Waals surface area (Å²) in [5.74, 6) is 0.797. The van der Waals surface area contributed by atoms with E-state index < -0.39 is 6.10 Å². The molecule has 0 aliphatic carbocycles. The molecular weight excluding hydrogens is 249 g/mol. The molecule has 0 aliphatic heterocycles. The lowest BCUT2D eigenvalue weighted by atomic mass is 10.1. The van der Waals surface area contributed by atoms with Gasteiger partial charge in [-0.1, -0.05) is 6.07 Å². The summed E-state index contributed by atoms with van der Waals surface area (Å²) in [6.45, 7) is 3.73. The second-order valence-corrected chi connectivity index (χ2v) is 5.61. The SMILES string of the molecule is CSCCC(C)N(C)c1ccc([C@H](C)O)cc1F. The molecule has 0 amide bonds. The van der Waals surface area contributed by atoms with Gasteiger partial charge in [0.15, 0.2) is 0 Å². The number of hydrogen-bond donors (Lipinski definition) is 1. The van der Waals surface area contributed by atoms with Crippen LogP contribution in [-0.4, -0.2) is 30.2 Å². The van der Waals surface area contributed by atoms with Crippen molar-refractivity contribution in [3.05, 3.63) is 29.6 Å². The number of aliphatic hydroxyl groups is 1. The van der Waals surface area contributed by atoms with Crippen LogP contribution < -0.4 is 4.90 Å². The van der Waals surface area contributed by atoms with E-state index in [2.05, 4.69) is 13.2 Å². The molecule has 18 heavy (non-hydrogen) atoms. The Labute approximate surface area is 113 Å². The molecule has 1 aromatic carbocycles. The summed E-state index contributed by atoms with van der Waals surface area (Å²) in [7, 11) is 1.91. The normalized spacial score (nSPS) is 14.3. The first-order valence-electron chi connectivity index (χ1n) is 6.16. The van der Waals surface area contributed by atoms with E-state index in [9.17, 15) is 9.50 Å². The average molecular weight is 271 g/mol. The third-order valence-corrected chi connectivity index (χ3v) is 3.88. The van der Waals surface area contributed by atoms with Crippen LogP contribution in [0.15, 0.2) is 18.2 Å². The van der Waals surface area contributed by atoms with Crippen LogP contribution in [0, 0.1) is 5.82 Å². The van der Waals surface area contributed by atoms with Gasteiger partial charge < -0.3 is 10.0 Å². The number of benzene rings is 1. The van der Waals surface area contributed by atoms with E-state index >= 15 is 0 Å². The fourth-order valence-corrected chi connectivity index (χ4v) is 2.37. The van der Waals surface area contributed by atoms with E-state index in [0.29, 0.717) is 17.3 Å². The summed E-state index contributed by atoms with van der Waals surface area (Å²) < 4.78 is 14.0. The maximum absolute atomic E-state index is 14.0. The number of thioether (sulfide) groups is 1. The molecule has 0 saturated heterocycles. The molecule has 102 valence electrons. The van der Waals surface area contributed by atoms with Crippen molar-refractivity contribution in [2.45, 2.75) is 32.4 Å². The zero-order valence-electron chi connectivity index (χ0n) is 11.5. The summed E-state index contributed by atoms with van der Waals surface area (Å²) >= 11 is 1.80. The van der Waals surface area contributed by atoms with Gasteiger partial charge in [-0.3, -0.25) is 0 Å². The van der Waals surface area contributed by atoms with Gasteiger partial charge in [-0.2, -0.15) is 11.8 Å². The number of aliphatic hydroxyl groups excluding tert-OH is 1. The molecule has 0 radical (unpaired) electrons. The first-order valence-corrected chi connectivity index (χ1v) is 7.56. The number of anilines is 1. The van der Waals surface area contributed by atoms with E-state index in [1.807, 2.05) is 11.9 Å². The Morgan fingerprint density at radius 2 is 2.06 bits per heavy atom. The van der Waals surface area contributed by atoms with Crippen LogP contribution in [0.4, 0.5) is 10.1 Å². The van der Waals surface area contributed by atoms with Gasteiger partial charge in [0.1, 0.15) is 5.82 Å². The van der Waals surface area contributed by atoms with Crippen LogP contribution in [0.1, 0.15) is 31.9 Å². The highest BCUT2D eigenvalue weighted by molar-refractivity contribution is 7.98. The Hall–Kier alpha value is -0.740. The molecule has 2 nitrogen and oxygen atoms in total. The number of nitrogens with zero attached hydrogens (tertiary/aromatic N) is 1. The van der Waals surface area contributed by atoms with Crippen LogP contribution in [0.25, 0.3) is 0 Å². The lowest BCUT2D eigenvalue weighted by Crippen LogP contribution is -2.30. The molecular formula is C14H22FNOS. The van der Waals surface area contributed by atoms with Crippen LogP contribution in [-0.2, 0) is 0 Å². The standard InChI is InChI=1S/C14H22FNOS/c1-10(7-8-18-4)16(3)14-6-5-12(11(2)17)9-13(14)15/h5-6,9-11,17H,7-8H2,1-4H3/t10?,11-/m0/s1. The molecule has 1 N–H and O–H groups in total. The topological polar surface area (TPSA) is 23.5 Å². The Balaban J connectivity index is 2.82. The van der Waals surface area contributed by atoms with Gasteiger partial charge in [0.2, 0.25) is 0 Å². The Morgan fingerprint density at radius 1 is 1.39 bits per heavy atom. The van der Waals surface area contributed by atoms with Crippen LogP contribution in [0.5, 0.6) is 0 Å². The number of hydrogen-bond acceptors (Lipinski definition) is 3.